The fourth-order valence-electron chi connectivity index (χ4n) is 4.01. The molecule has 1 aliphatic rings. The van der Waals surface area contributed by atoms with E-state index in [2.05, 4.69) is 27.7 Å². The van der Waals surface area contributed by atoms with E-state index in [0.717, 1.165) is 26.1 Å². The van der Waals surface area contributed by atoms with Crippen molar-refractivity contribution in [3.63, 3.8) is 0 Å². The van der Waals surface area contributed by atoms with Gasteiger partial charge in [0.1, 0.15) is 5.82 Å². The Morgan fingerprint density at radius 1 is 1.03 bits per heavy atom. The molecule has 0 saturated carbocycles. The number of carbonyl (C=O) groups is 2. The average molecular weight is 478 g/mol. The van der Waals surface area contributed by atoms with Crippen molar-refractivity contribution in [3.8, 4) is 11.5 Å². The molecule has 1 saturated heterocycles. The van der Waals surface area contributed by atoms with Crippen molar-refractivity contribution < 1.29 is 23.5 Å². The Balaban J connectivity index is 1.29. The van der Waals surface area contributed by atoms with E-state index in [9.17, 15) is 14.0 Å². The zero-order chi connectivity index (χ0) is 24.6. The molecule has 0 bridgehead atoms. The van der Waals surface area contributed by atoms with E-state index in [1.807, 2.05) is 18.2 Å². The van der Waals surface area contributed by atoms with Crippen LogP contribution in [0.25, 0.3) is 0 Å². The minimum atomic E-state index is -0.401. The first kappa shape index (κ1) is 24.2. The molecule has 3 aromatic carbocycles. The van der Waals surface area contributed by atoms with Gasteiger partial charge in [0.15, 0.2) is 18.1 Å². The van der Waals surface area contributed by atoms with Gasteiger partial charge in [-0.3, -0.25) is 14.5 Å². The van der Waals surface area contributed by atoms with Crippen molar-refractivity contribution in [2.45, 2.75) is 19.0 Å². The number of nitrogens with zero attached hydrogens (tertiary/aromatic N) is 1. The quantitative estimate of drug-likeness (QED) is 0.489. The maximum absolute atomic E-state index is 13.0. The zero-order valence-electron chi connectivity index (χ0n) is 19.5. The molecular formula is C27H28FN3O4. The molecule has 0 radical (unpaired) electrons. The molecule has 1 atom stereocenters. The van der Waals surface area contributed by atoms with Crippen LogP contribution in [0.15, 0.2) is 72.8 Å². The largest absolute Gasteiger partial charge is 0.493 e. The van der Waals surface area contributed by atoms with Gasteiger partial charge in [-0.15, -0.1) is 0 Å². The Morgan fingerprint density at radius 2 is 1.80 bits per heavy atom. The lowest BCUT2D eigenvalue weighted by Gasteiger charge is -2.17. The van der Waals surface area contributed by atoms with Gasteiger partial charge in [-0.2, -0.15) is 0 Å². The lowest BCUT2D eigenvalue weighted by atomic mass is 10.1. The first-order valence-corrected chi connectivity index (χ1v) is 11.4. The summed E-state index contributed by atoms with van der Waals surface area (Å²) in [5.74, 6) is -0.277. The number of methoxy groups -OCH3 is 1. The van der Waals surface area contributed by atoms with E-state index < -0.39 is 5.91 Å². The van der Waals surface area contributed by atoms with E-state index >= 15 is 0 Å². The molecule has 1 aliphatic heterocycles. The Morgan fingerprint density at radius 3 is 2.54 bits per heavy atom. The minimum Gasteiger partial charge on any atom is -0.493 e. The van der Waals surface area contributed by atoms with E-state index in [-0.39, 0.29) is 24.4 Å². The van der Waals surface area contributed by atoms with Crippen molar-refractivity contribution in [1.82, 2.24) is 10.2 Å². The van der Waals surface area contributed by atoms with Crippen LogP contribution in [0.4, 0.5) is 10.1 Å². The van der Waals surface area contributed by atoms with E-state index in [1.165, 1.54) is 36.9 Å². The molecule has 35 heavy (non-hydrogen) atoms. The summed E-state index contributed by atoms with van der Waals surface area (Å²) in [6, 6.07) is 20.6. The molecule has 0 aliphatic carbocycles. The number of anilines is 1. The number of carbonyl (C=O) groups excluding carboxylic acids is 2. The third kappa shape index (κ3) is 6.80. The number of hydrogen-bond acceptors (Lipinski definition) is 5. The summed E-state index contributed by atoms with van der Waals surface area (Å²) in [6.45, 7) is 2.32. The van der Waals surface area contributed by atoms with Gasteiger partial charge in [-0.25, -0.2) is 4.39 Å². The second kappa shape index (κ2) is 11.5. The molecule has 182 valence electrons. The molecule has 3 aromatic rings. The van der Waals surface area contributed by atoms with Gasteiger partial charge in [0.25, 0.3) is 11.8 Å². The maximum Gasteiger partial charge on any atom is 0.262 e. The Kier molecular flexibility index (Phi) is 7.95. The molecule has 4 rings (SSSR count). The first-order chi connectivity index (χ1) is 17.0. The predicted molar refractivity (Wildman–Crippen MR) is 131 cm³/mol. The van der Waals surface area contributed by atoms with Crippen LogP contribution < -0.4 is 20.1 Å². The number of nitrogens with one attached hydrogen (secondary N) is 2. The number of benzene rings is 3. The standard InChI is InChI=1S/C27H28FN3O4/c1-34-25-15-20(7-12-24(25)35-18-26(32)29-22-10-8-21(28)9-11-22)27(33)30-23-13-14-31(17-23)16-19-5-3-2-4-6-19/h2-12,15,23H,13-14,16-18H2,1H3,(H,29,32)(H,30,33)/t23-/m0/s1. The fourth-order valence-corrected chi connectivity index (χ4v) is 4.01. The molecule has 2 N–H and O–H groups in total. The molecule has 8 heteroatoms. The van der Waals surface area contributed by atoms with Crippen LogP contribution in [0.1, 0.15) is 22.3 Å². The third-order valence-electron chi connectivity index (χ3n) is 5.77. The van der Waals surface area contributed by atoms with Crippen LogP contribution in [0.3, 0.4) is 0 Å². The summed E-state index contributed by atoms with van der Waals surface area (Å²) in [6.07, 6.45) is 0.889. The molecule has 7 nitrogen and oxygen atoms in total. The van der Waals surface area contributed by atoms with Crippen molar-refractivity contribution in [2.75, 3.05) is 32.1 Å². The summed E-state index contributed by atoms with van der Waals surface area (Å²) in [7, 11) is 1.47. The molecule has 1 fully saturated rings. The topological polar surface area (TPSA) is 79.9 Å². The lowest BCUT2D eigenvalue weighted by Crippen LogP contribution is -2.37. The minimum absolute atomic E-state index is 0.0725. The van der Waals surface area contributed by atoms with Crippen molar-refractivity contribution in [2.24, 2.45) is 0 Å². The second-order valence-electron chi connectivity index (χ2n) is 8.39. The van der Waals surface area contributed by atoms with Crippen LogP contribution in [-0.2, 0) is 11.3 Å². The summed E-state index contributed by atoms with van der Waals surface area (Å²) in [5.41, 5.74) is 2.17. The Labute approximate surface area is 203 Å². The van der Waals surface area contributed by atoms with Crippen LogP contribution in [0, 0.1) is 5.82 Å². The van der Waals surface area contributed by atoms with Gasteiger partial charge in [0.2, 0.25) is 0 Å². The monoisotopic (exact) mass is 477 g/mol. The number of likely N-dealkylation sites (tertiary alicyclic amines) is 1. The van der Waals surface area contributed by atoms with Crippen LogP contribution in [0.5, 0.6) is 11.5 Å². The number of amides is 2. The van der Waals surface area contributed by atoms with Gasteiger partial charge >= 0.3 is 0 Å². The van der Waals surface area contributed by atoms with Crippen molar-refractivity contribution in [3.05, 3.63) is 89.7 Å². The van der Waals surface area contributed by atoms with Crippen molar-refractivity contribution in [1.29, 1.82) is 0 Å². The lowest BCUT2D eigenvalue weighted by molar-refractivity contribution is -0.118. The number of ether oxygens (including phenoxy) is 2. The number of halogens is 1. The Hall–Kier alpha value is -3.91. The zero-order valence-corrected chi connectivity index (χ0v) is 19.5. The van der Waals surface area contributed by atoms with Crippen LogP contribution in [0.2, 0.25) is 0 Å². The smallest absolute Gasteiger partial charge is 0.262 e. The normalized spacial score (nSPS) is 15.4. The van der Waals surface area contributed by atoms with Gasteiger partial charge in [0, 0.05) is 36.9 Å². The van der Waals surface area contributed by atoms with Crippen molar-refractivity contribution >= 4 is 17.5 Å². The highest BCUT2D eigenvalue weighted by molar-refractivity contribution is 5.95. The molecule has 0 aromatic heterocycles. The molecule has 1 heterocycles. The second-order valence-corrected chi connectivity index (χ2v) is 8.39. The van der Waals surface area contributed by atoms with Gasteiger partial charge in [0.05, 0.1) is 7.11 Å². The molecular weight excluding hydrogens is 449 g/mol. The maximum atomic E-state index is 13.0. The van der Waals surface area contributed by atoms with E-state index in [4.69, 9.17) is 9.47 Å². The first-order valence-electron chi connectivity index (χ1n) is 11.4. The van der Waals surface area contributed by atoms with Crippen LogP contribution in [-0.4, -0.2) is 49.6 Å². The average Bonchev–Trinajstić information content (AvgIpc) is 3.31. The highest BCUT2D eigenvalue weighted by Gasteiger charge is 2.24. The van der Waals surface area contributed by atoms with Gasteiger partial charge < -0.3 is 20.1 Å². The summed E-state index contributed by atoms with van der Waals surface area (Å²) in [4.78, 5) is 27.3. The van der Waals surface area contributed by atoms with E-state index in [0.29, 0.717) is 22.7 Å². The highest BCUT2D eigenvalue weighted by Crippen LogP contribution is 2.28. The highest BCUT2D eigenvalue weighted by atomic mass is 19.1. The molecule has 0 unspecified atom stereocenters. The summed E-state index contributed by atoms with van der Waals surface area (Å²) in [5, 5.41) is 5.72. The van der Waals surface area contributed by atoms with Crippen LogP contribution >= 0.6 is 0 Å². The Bertz CT molecular complexity index is 1150. The molecule has 0 spiro atoms. The summed E-state index contributed by atoms with van der Waals surface area (Å²) < 4.78 is 23.9. The van der Waals surface area contributed by atoms with Gasteiger partial charge in [-0.05, 0) is 54.4 Å². The molecule has 2 amide bonds. The predicted octanol–water partition coefficient (Wildman–Crippen LogP) is 3.86. The summed E-state index contributed by atoms with van der Waals surface area (Å²) >= 11 is 0. The van der Waals surface area contributed by atoms with Gasteiger partial charge in [-0.1, -0.05) is 30.3 Å². The number of hydrogen-bond donors (Lipinski definition) is 2. The fraction of sp³-hybridized carbons (Fsp3) is 0.259. The third-order valence-corrected chi connectivity index (χ3v) is 5.77. The van der Waals surface area contributed by atoms with E-state index in [1.54, 1.807) is 18.2 Å². The SMILES string of the molecule is COc1cc(C(=O)N[C@H]2CCN(Cc3ccccc3)C2)ccc1OCC(=O)Nc1ccc(F)cc1. The number of rotatable bonds is 9.